The van der Waals surface area contributed by atoms with E-state index < -0.39 is 16.7 Å². The second-order valence-electron chi connectivity index (χ2n) is 5.58. The van der Waals surface area contributed by atoms with Gasteiger partial charge in [-0.3, -0.25) is 25.0 Å². The van der Waals surface area contributed by atoms with Gasteiger partial charge in [0.15, 0.2) is 0 Å². The average Bonchev–Trinajstić information content (AvgIpc) is 3.07. The maximum absolute atomic E-state index is 12.0. The Balaban J connectivity index is 2.04. The van der Waals surface area contributed by atoms with Gasteiger partial charge in [-0.05, 0) is 36.8 Å². The van der Waals surface area contributed by atoms with Crippen LogP contribution in [-0.4, -0.2) is 16.7 Å². The average molecular weight is 384 g/mol. The van der Waals surface area contributed by atoms with E-state index >= 15 is 0 Å². The molecule has 1 aromatic heterocycles. The second kappa shape index (κ2) is 6.90. The molecule has 0 saturated carbocycles. The fraction of sp³-hybridized carbons (Fsp3) is 0.0556. The predicted molar refractivity (Wildman–Crippen MR) is 95.2 cm³/mol. The van der Waals surface area contributed by atoms with E-state index in [0.29, 0.717) is 5.56 Å². The Labute approximate surface area is 157 Å². The number of carbonyl (C=O) groups is 2. The molecule has 2 amide bonds. The summed E-state index contributed by atoms with van der Waals surface area (Å²) >= 11 is 6.09. The Morgan fingerprint density at radius 2 is 2.00 bits per heavy atom. The first-order valence-corrected chi connectivity index (χ1v) is 7.92. The maximum Gasteiger partial charge on any atom is 0.270 e. The summed E-state index contributed by atoms with van der Waals surface area (Å²) in [6.45, 7) is 1.49. The number of non-ortho nitro benzene ring substituents is 1. The van der Waals surface area contributed by atoms with Gasteiger partial charge in [0, 0.05) is 23.3 Å². The first-order chi connectivity index (χ1) is 12.8. The van der Waals surface area contributed by atoms with Gasteiger partial charge < -0.3 is 4.42 Å². The summed E-state index contributed by atoms with van der Waals surface area (Å²) in [5.41, 5.74) is 0.362. The van der Waals surface area contributed by atoms with Gasteiger partial charge in [-0.15, -0.1) is 0 Å². The molecule has 0 atom stereocenters. The number of amides is 2. The Hall–Kier alpha value is -3.70. The van der Waals surface area contributed by atoms with Crippen molar-refractivity contribution in [2.75, 3.05) is 0 Å². The minimum Gasteiger partial charge on any atom is -0.457 e. The lowest BCUT2D eigenvalue weighted by Crippen LogP contribution is -2.37. The molecule has 0 spiro atoms. The third-order valence-corrected chi connectivity index (χ3v) is 4.26. The van der Waals surface area contributed by atoms with Crippen molar-refractivity contribution in [3.8, 4) is 17.4 Å². The zero-order valence-corrected chi connectivity index (χ0v) is 14.5. The summed E-state index contributed by atoms with van der Waals surface area (Å²) in [7, 11) is 0. The number of benzene rings is 1. The van der Waals surface area contributed by atoms with Crippen LogP contribution in [0.2, 0.25) is 5.02 Å². The molecule has 2 aromatic rings. The molecule has 9 heteroatoms. The van der Waals surface area contributed by atoms with Crippen molar-refractivity contribution < 1.29 is 18.9 Å². The fourth-order valence-electron chi connectivity index (χ4n) is 2.55. The van der Waals surface area contributed by atoms with Crippen molar-refractivity contribution in [2.45, 2.75) is 6.92 Å². The molecule has 8 nitrogen and oxygen atoms in total. The molecular formula is C18H10ClN3O5. The summed E-state index contributed by atoms with van der Waals surface area (Å²) in [6.07, 6.45) is 1.38. The summed E-state index contributed by atoms with van der Waals surface area (Å²) in [6, 6.07) is 8.80. The quantitative estimate of drug-likeness (QED) is 0.374. The second-order valence-corrected chi connectivity index (χ2v) is 5.98. The highest BCUT2D eigenvalue weighted by molar-refractivity contribution is 6.33. The van der Waals surface area contributed by atoms with Crippen molar-refractivity contribution in [1.82, 2.24) is 5.32 Å². The number of rotatable bonds is 3. The Kier molecular flexibility index (Phi) is 4.62. The number of carbonyl (C=O) groups excluding carboxylic acids is 2. The van der Waals surface area contributed by atoms with Crippen LogP contribution < -0.4 is 5.32 Å². The molecule has 0 fully saturated rings. The lowest BCUT2D eigenvalue weighted by Gasteiger charge is -2.15. The zero-order valence-electron chi connectivity index (χ0n) is 13.8. The molecule has 0 radical (unpaired) electrons. The van der Waals surface area contributed by atoms with E-state index in [1.807, 2.05) is 0 Å². The standard InChI is InChI=1S/C18H10ClN3O5/c1-9-12(17(23)21-18(24)14(9)8-20)7-11-3-5-16(27-11)13-6-10(22(25)26)2-4-15(13)19/h2-7H,1H3,(H,21,23,24)/b12-7-. The summed E-state index contributed by atoms with van der Waals surface area (Å²) < 4.78 is 5.63. The molecule has 1 aromatic carbocycles. The molecule has 0 bridgehead atoms. The van der Waals surface area contributed by atoms with Crippen LogP contribution in [0.25, 0.3) is 17.4 Å². The molecule has 1 aliphatic rings. The van der Waals surface area contributed by atoms with E-state index in [1.54, 1.807) is 18.2 Å². The third-order valence-electron chi connectivity index (χ3n) is 3.93. The Bertz CT molecular complexity index is 1100. The van der Waals surface area contributed by atoms with Crippen molar-refractivity contribution in [3.63, 3.8) is 0 Å². The van der Waals surface area contributed by atoms with Crippen molar-refractivity contribution in [1.29, 1.82) is 5.26 Å². The number of nitrogens with zero attached hydrogens (tertiary/aromatic N) is 2. The van der Waals surface area contributed by atoms with Crippen LogP contribution in [0, 0.1) is 21.4 Å². The van der Waals surface area contributed by atoms with Crippen LogP contribution in [-0.2, 0) is 9.59 Å². The van der Waals surface area contributed by atoms with E-state index in [-0.39, 0.29) is 38.9 Å². The van der Waals surface area contributed by atoms with E-state index in [2.05, 4.69) is 5.32 Å². The van der Waals surface area contributed by atoms with E-state index in [0.717, 1.165) is 0 Å². The largest absolute Gasteiger partial charge is 0.457 e. The number of nitro benzene ring substituents is 1. The van der Waals surface area contributed by atoms with E-state index in [4.69, 9.17) is 21.3 Å². The molecule has 1 N–H and O–H groups in total. The number of nitrogens with one attached hydrogen (secondary N) is 1. The van der Waals surface area contributed by atoms with Crippen LogP contribution in [0.1, 0.15) is 12.7 Å². The highest BCUT2D eigenvalue weighted by Gasteiger charge is 2.27. The molecule has 0 unspecified atom stereocenters. The zero-order chi connectivity index (χ0) is 19.7. The summed E-state index contributed by atoms with van der Waals surface area (Å²) in [4.78, 5) is 34.1. The monoisotopic (exact) mass is 383 g/mol. The van der Waals surface area contributed by atoms with Gasteiger partial charge in [-0.1, -0.05) is 11.6 Å². The van der Waals surface area contributed by atoms with Gasteiger partial charge in [0.05, 0.1) is 9.95 Å². The van der Waals surface area contributed by atoms with E-state index in [9.17, 15) is 19.7 Å². The summed E-state index contributed by atoms with van der Waals surface area (Å²) in [5.74, 6) is -0.878. The van der Waals surface area contributed by atoms with Crippen LogP contribution in [0.5, 0.6) is 0 Å². The lowest BCUT2D eigenvalue weighted by atomic mass is 9.96. The number of hydrogen-bond donors (Lipinski definition) is 1. The normalized spacial score (nSPS) is 15.7. The maximum atomic E-state index is 12.0. The third kappa shape index (κ3) is 3.36. The molecule has 134 valence electrons. The molecule has 2 heterocycles. The number of halogens is 1. The topological polar surface area (TPSA) is 126 Å². The van der Waals surface area contributed by atoms with E-state index in [1.165, 1.54) is 31.2 Å². The number of imide groups is 1. The molecule has 27 heavy (non-hydrogen) atoms. The molecular weight excluding hydrogens is 374 g/mol. The predicted octanol–water partition coefficient (Wildman–Crippen LogP) is 3.39. The van der Waals surface area contributed by atoms with Gasteiger partial charge in [0.1, 0.15) is 23.2 Å². The molecule has 0 saturated heterocycles. The van der Waals surface area contributed by atoms with Gasteiger partial charge in [0.25, 0.3) is 17.5 Å². The Morgan fingerprint density at radius 3 is 2.67 bits per heavy atom. The number of nitriles is 1. The first-order valence-electron chi connectivity index (χ1n) is 7.54. The molecule has 1 aliphatic heterocycles. The van der Waals surface area contributed by atoms with Gasteiger partial charge in [-0.2, -0.15) is 5.26 Å². The van der Waals surface area contributed by atoms with Crippen LogP contribution >= 0.6 is 11.6 Å². The fourth-order valence-corrected chi connectivity index (χ4v) is 2.76. The van der Waals surface area contributed by atoms with Crippen LogP contribution in [0.4, 0.5) is 5.69 Å². The first kappa shape index (κ1) is 18.1. The van der Waals surface area contributed by atoms with Gasteiger partial charge >= 0.3 is 0 Å². The number of nitro groups is 1. The van der Waals surface area contributed by atoms with Gasteiger partial charge in [-0.25, -0.2) is 0 Å². The highest BCUT2D eigenvalue weighted by atomic mass is 35.5. The summed E-state index contributed by atoms with van der Waals surface area (Å²) in [5, 5.41) is 22.3. The van der Waals surface area contributed by atoms with Crippen LogP contribution in [0.15, 0.2) is 51.5 Å². The van der Waals surface area contributed by atoms with Crippen molar-refractivity contribution >= 4 is 35.2 Å². The molecule has 0 aliphatic carbocycles. The van der Waals surface area contributed by atoms with Gasteiger partial charge in [0.2, 0.25) is 0 Å². The van der Waals surface area contributed by atoms with Crippen molar-refractivity contribution in [3.05, 3.63) is 67.9 Å². The molecule has 3 rings (SSSR count). The minimum absolute atomic E-state index is 0.109. The Morgan fingerprint density at radius 1 is 1.26 bits per heavy atom. The highest BCUT2D eigenvalue weighted by Crippen LogP contribution is 2.33. The number of hydrogen-bond acceptors (Lipinski definition) is 6. The smallest absolute Gasteiger partial charge is 0.270 e. The van der Waals surface area contributed by atoms with Crippen LogP contribution in [0.3, 0.4) is 0 Å². The SMILES string of the molecule is CC1=C(C#N)C(=O)NC(=O)/C1=C\c1ccc(-c2cc([N+](=O)[O-])ccc2Cl)o1. The minimum atomic E-state index is -0.749. The van der Waals surface area contributed by atoms with Crippen molar-refractivity contribution in [2.24, 2.45) is 0 Å². The number of furan rings is 1. The lowest BCUT2D eigenvalue weighted by molar-refractivity contribution is -0.384.